The summed E-state index contributed by atoms with van der Waals surface area (Å²) >= 11 is 0. The van der Waals surface area contributed by atoms with Gasteiger partial charge in [-0.05, 0) is 26.2 Å². The fourth-order valence-corrected chi connectivity index (χ4v) is 2.59. The third-order valence-corrected chi connectivity index (χ3v) is 3.53. The Morgan fingerprint density at radius 2 is 2.13 bits per heavy atom. The van der Waals surface area contributed by atoms with Crippen molar-refractivity contribution >= 4 is 11.9 Å². The average Bonchev–Trinajstić information content (AvgIpc) is 2.42. The molecule has 2 fully saturated rings. The van der Waals surface area contributed by atoms with Crippen LogP contribution in [0.5, 0.6) is 0 Å². The van der Waals surface area contributed by atoms with Crippen molar-refractivity contribution < 1.29 is 19.1 Å². The second kappa shape index (κ2) is 3.51. The summed E-state index contributed by atoms with van der Waals surface area (Å²) in [5, 5.41) is 0. The molecule has 0 aromatic heterocycles. The van der Waals surface area contributed by atoms with Gasteiger partial charge in [0.2, 0.25) is 0 Å². The van der Waals surface area contributed by atoms with Gasteiger partial charge in [-0.25, -0.2) is 0 Å². The largest absolute Gasteiger partial charge is 0.466 e. The zero-order valence-electron chi connectivity index (χ0n) is 9.12. The van der Waals surface area contributed by atoms with Crippen molar-refractivity contribution in [3.8, 4) is 0 Å². The topological polar surface area (TPSA) is 52.6 Å². The first kappa shape index (κ1) is 10.5. The summed E-state index contributed by atoms with van der Waals surface area (Å²) < 4.78 is 10.1. The molecule has 0 unspecified atom stereocenters. The molecule has 4 heteroatoms. The summed E-state index contributed by atoms with van der Waals surface area (Å²) in [6.07, 6.45) is 1.80. The fraction of sp³-hybridized carbons (Fsp3) is 0.818. The number of carbonyl (C=O) groups is 2. The fourth-order valence-electron chi connectivity index (χ4n) is 2.59. The quantitative estimate of drug-likeness (QED) is 0.614. The van der Waals surface area contributed by atoms with Crippen LogP contribution in [0.4, 0.5) is 0 Å². The van der Waals surface area contributed by atoms with Crippen molar-refractivity contribution in [2.24, 2.45) is 11.3 Å². The molecule has 0 aromatic carbocycles. The summed E-state index contributed by atoms with van der Waals surface area (Å²) in [6.45, 7) is 4.23. The highest BCUT2D eigenvalue weighted by atomic mass is 16.6. The third kappa shape index (κ3) is 1.73. The van der Waals surface area contributed by atoms with Crippen LogP contribution in [0.1, 0.15) is 33.1 Å². The van der Waals surface area contributed by atoms with Crippen molar-refractivity contribution in [3.63, 3.8) is 0 Å². The summed E-state index contributed by atoms with van der Waals surface area (Å²) in [5.74, 6) is -0.272. The molecule has 0 radical (unpaired) electrons. The van der Waals surface area contributed by atoms with Crippen LogP contribution in [0.3, 0.4) is 0 Å². The standard InChI is InChI=1S/C11H16O4/c1-7-6-11(2,10(13)15-7)8-3-4-14-9(12)5-8/h7-8H,3-6H2,1-2H3/t7-,8+,11-/m0/s1. The third-order valence-electron chi connectivity index (χ3n) is 3.53. The molecule has 0 spiro atoms. The Kier molecular flexibility index (Phi) is 2.44. The first-order chi connectivity index (χ1) is 7.02. The molecule has 2 heterocycles. The highest BCUT2D eigenvalue weighted by molar-refractivity contribution is 5.80. The maximum absolute atomic E-state index is 11.7. The highest BCUT2D eigenvalue weighted by Gasteiger charge is 2.50. The van der Waals surface area contributed by atoms with Crippen LogP contribution in [0.15, 0.2) is 0 Å². The Bertz CT molecular complexity index is 299. The van der Waals surface area contributed by atoms with Crippen LogP contribution < -0.4 is 0 Å². The molecular weight excluding hydrogens is 196 g/mol. The zero-order valence-corrected chi connectivity index (χ0v) is 9.12. The van der Waals surface area contributed by atoms with Crippen molar-refractivity contribution in [3.05, 3.63) is 0 Å². The Morgan fingerprint density at radius 1 is 1.40 bits per heavy atom. The van der Waals surface area contributed by atoms with E-state index in [2.05, 4.69) is 0 Å². The van der Waals surface area contributed by atoms with Gasteiger partial charge in [-0.3, -0.25) is 9.59 Å². The molecule has 0 aromatic rings. The summed E-state index contributed by atoms with van der Waals surface area (Å²) in [6, 6.07) is 0. The average molecular weight is 212 g/mol. The molecule has 0 bridgehead atoms. The number of hydrogen-bond donors (Lipinski definition) is 0. The molecule has 2 aliphatic rings. The lowest BCUT2D eigenvalue weighted by atomic mass is 9.71. The van der Waals surface area contributed by atoms with E-state index in [1.807, 2.05) is 13.8 Å². The minimum absolute atomic E-state index is 0.0274. The second-order valence-corrected chi connectivity index (χ2v) is 4.75. The Labute approximate surface area is 88.9 Å². The number of cyclic esters (lactones) is 2. The molecule has 2 saturated heterocycles. The van der Waals surface area contributed by atoms with E-state index in [1.165, 1.54) is 0 Å². The maximum Gasteiger partial charge on any atom is 0.312 e. The minimum Gasteiger partial charge on any atom is -0.466 e. The number of hydrogen-bond acceptors (Lipinski definition) is 4. The lowest BCUT2D eigenvalue weighted by Crippen LogP contribution is -2.37. The summed E-state index contributed by atoms with van der Waals surface area (Å²) in [4.78, 5) is 22.9. The predicted molar refractivity (Wildman–Crippen MR) is 52.0 cm³/mol. The highest BCUT2D eigenvalue weighted by Crippen LogP contribution is 2.44. The molecule has 0 amide bonds. The molecule has 2 rings (SSSR count). The van der Waals surface area contributed by atoms with Gasteiger partial charge in [0, 0.05) is 12.8 Å². The molecule has 2 aliphatic heterocycles. The van der Waals surface area contributed by atoms with Crippen LogP contribution in [0.2, 0.25) is 0 Å². The Balaban J connectivity index is 2.14. The predicted octanol–water partition coefficient (Wildman–Crippen LogP) is 1.28. The molecule has 4 nitrogen and oxygen atoms in total. The molecule has 15 heavy (non-hydrogen) atoms. The van der Waals surface area contributed by atoms with Crippen LogP contribution in [0, 0.1) is 11.3 Å². The first-order valence-electron chi connectivity index (χ1n) is 5.39. The van der Waals surface area contributed by atoms with Crippen molar-refractivity contribution in [1.82, 2.24) is 0 Å². The molecule has 0 saturated carbocycles. The van der Waals surface area contributed by atoms with E-state index in [-0.39, 0.29) is 24.0 Å². The smallest absolute Gasteiger partial charge is 0.312 e. The van der Waals surface area contributed by atoms with Gasteiger partial charge in [-0.15, -0.1) is 0 Å². The van der Waals surface area contributed by atoms with E-state index in [4.69, 9.17) is 9.47 Å². The molecule has 0 N–H and O–H groups in total. The van der Waals surface area contributed by atoms with E-state index in [1.54, 1.807) is 0 Å². The van der Waals surface area contributed by atoms with Gasteiger partial charge in [-0.2, -0.15) is 0 Å². The molecule has 84 valence electrons. The van der Waals surface area contributed by atoms with Gasteiger partial charge >= 0.3 is 11.9 Å². The summed E-state index contributed by atoms with van der Waals surface area (Å²) in [7, 11) is 0. The zero-order chi connectivity index (χ0) is 11.1. The van der Waals surface area contributed by atoms with E-state index in [0.717, 1.165) is 6.42 Å². The van der Waals surface area contributed by atoms with Gasteiger partial charge in [-0.1, -0.05) is 0 Å². The Hall–Kier alpha value is -1.06. The van der Waals surface area contributed by atoms with Gasteiger partial charge in [0.25, 0.3) is 0 Å². The number of carbonyl (C=O) groups excluding carboxylic acids is 2. The minimum atomic E-state index is -0.487. The van der Waals surface area contributed by atoms with Gasteiger partial charge in [0.1, 0.15) is 6.10 Å². The van der Waals surface area contributed by atoms with E-state index in [9.17, 15) is 9.59 Å². The number of ether oxygens (including phenoxy) is 2. The van der Waals surface area contributed by atoms with Gasteiger partial charge in [0.15, 0.2) is 0 Å². The number of esters is 2. The van der Waals surface area contributed by atoms with Crippen LogP contribution >= 0.6 is 0 Å². The SMILES string of the molecule is C[C@H]1C[C@@](C)([C@@H]2CCOC(=O)C2)C(=O)O1. The number of rotatable bonds is 1. The molecular formula is C11H16O4. The lowest BCUT2D eigenvalue weighted by molar-refractivity contribution is -0.157. The lowest BCUT2D eigenvalue weighted by Gasteiger charge is -2.32. The maximum atomic E-state index is 11.7. The van der Waals surface area contributed by atoms with Crippen LogP contribution in [-0.4, -0.2) is 24.6 Å². The summed E-state index contributed by atoms with van der Waals surface area (Å²) in [5.41, 5.74) is -0.487. The Morgan fingerprint density at radius 3 is 2.67 bits per heavy atom. The van der Waals surface area contributed by atoms with E-state index in [0.29, 0.717) is 19.4 Å². The second-order valence-electron chi connectivity index (χ2n) is 4.75. The monoisotopic (exact) mass is 212 g/mol. The normalized spacial score (nSPS) is 41.2. The van der Waals surface area contributed by atoms with E-state index < -0.39 is 5.41 Å². The van der Waals surface area contributed by atoms with Crippen molar-refractivity contribution in [1.29, 1.82) is 0 Å². The molecule has 3 atom stereocenters. The van der Waals surface area contributed by atoms with Gasteiger partial charge < -0.3 is 9.47 Å². The van der Waals surface area contributed by atoms with Crippen molar-refractivity contribution in [2.45, 2.75) is 39.2 Å². The van der Waals surface area contributed by atoms with Crippen molar-refractivity contribution in [2.75, 3.05) is 6.61 Å². The van der Waals surface area contributed by atoms with Crippen LogP contribution in [0.25, 0.3) is 0 Å². The van der Waals surface area contributed by atoms with Crippen LogP contribution in [-0.2, 0) is 19.1 Å². The molecule has 0 aliphatic carbocycles. The first-order valence-corrected chi connectivity index (χ1v) is 5.39. The van der Waals surface area contributed by atoms with Gasteiger partial charge in [0.05, 0.1) is 12.0 Å². The van der Waals surface area contributed by atoms with E-state index >= 15 is 0 Å².